The summed E-state index contributed by atoms with van der Waals surface area (Å²) in [6, 6.07) is 1.75. The molecule has 1 aromatic heterocycles. The molecule has 3 amide bonds. The fourth-order valence-corrected chi connectivity index (χ4v) is 3.38. The summed E-state index contributed by atoms with van der Waals surface area (Å²) in [5, 5.41) is 3.83. The Kier molecular flexibility index (Phi) is 3.80. The van der Waals surface area contributed by atoms with E-state index in [1.54, 1.807) is 32.0 Å². The average molecular weight is 306 g/mol. The van der Waals surface area contributed by atoms with Gasteiger partial charge in [0.05, 0.1) is 0 Å². The smallest absolute Gasteiger partial charge is 0.319 e. The van der Waals surface area contributed by atoms with Crippen LogP contribution in [-0.4, -0.2) is 71.6 Å². The normalized spacial score (nSPS) is 24.3. The number of hydrogen-bond donors (Lipinski definition) is 0. The first-order chi connectivity index (χ1) is 10.5. The van der Waals surface area contributed by atoms with E-state index in [9.17, 15) is 9.59 Å². The first-order valence-corrected chi connectivity index (χ1v) is 7.66. The third-order valence-corrected chi connectivity index (χ3v) is 4.47. The minimum Gasteiger partial charge on any atom is -0.361 e. The molecule has 4 rings (SSSR count). The van der Waals surface area contributed by atoms with Gasteiger partial charge in [-0.05, 0) is 25.7 Å². The predicted octanol–water partition coefficient (Wildman–Crippen LogP) is 1.20. The summed E-state index contributed by atoms with van der Waals surface area (Å²) in [5.74, 6) is 0.873. The zero-order chi connectivity index (χ0) is 15.9. The Bertz CT molecular complexity index is 583. The van der Waals surface area contributed by atoms with Gasteiger partial charge in [-0.15, -0.1) is 0 Å². The van der Waals surface area contributed by atoms with Crippen LogP contribution in [0.5, 0.6) is 0 Å². The predicted molar refractivity (Wildman–Crippen MR) is 79.4 cm³/mol. The van der Waals surface area contributed by atoms with Gasteiger partial charge in [0.25, 0.3) is 5.91 Å². The van der Waals surface area contributed by atoms with Crippen LogP contribution in [0.15, 0.2) is 10.6 Å². The molecule has 3 fully saturated rings. The number of aromatic nitrogens is 1. The number of nitrogens with zero attached hydrogens (tertiary/aromatic N) is 4. The Labute approximate surface area is 129 Å². The highest BCUT2D eigenvalue weighted by Crippen LogP contribution is 2.29. The minimum atomic E-state index is -0.0919. The first kappa shape index (κ1) is 14.9. The van der Waals surface area contributed by atoms with E-state index in [-0.39, 0.29) is 18.0 Å². The lowest BCUT2D eigenvalue weighted by atomic mass is 9.94. The van der Waals surface area contributed by atoms with Crippen molar-refractivity contribution in [1.82, 2.24) is 19.9 Å². The van der Waals surface area contributed by atoms with Crippen molar-refractivity contribution in [2.75, 3.05) is 33.7 Å². The second-order valence-corrected chi connectivity index (χ2v) is 6.46. The topological polar surface area (TPSA) is 69.9 Å². The molecule has 0 unspecified atom stereocenters. The molecule has 4 heterocycles. The largest absolute Gasteiger partial charge is 0.361 e. The van der Waals surface area contributed by atoms with Crippen molar-refractivity contribution < 1.29 is 14.1 Å². The zero-order valence-corrected chi connectivity index (χ0v) is 13.3. The molecule has 3 saturated heterocycles. The molecule has 3 aliphatic rings. The van der Waals surface area contributed by atoms with Crippen molar-refractivity contribution in [1.29, 1.82) is 0 Å². The molecule has 7 nitrogen and oxygen atoms in total. The highest BCUT2D eigenvalue weighted by Gasteiger charge is 2.39. The Hall–Kier alpha value is -2.05. The number of carbonyl (C=O) groups excluding carboxylic acids is 2. The van der Waals surface area contributed by atoms with Gasteiger partial charge in [-0.1, -0.05) is 5.16 Å². The molecular formula is C15H22N4O3. The SMILES string of the molecule is Cc1cc(C(=O)N2C[C@H]3CC[C@@H]2CN(C(=O)N(C)C)C3)no1. The summed E-state index contributed by atoms with van der Waals surface area (Å²) in [7, 11) is 3.52. The lowest BCUT2D eigenvalue weighted by Crippen LogP contribution is -2.48. The van der Waals surface area contributed by atoms with E-state index in [1.807, 2.05) is 9.80 Å². The molecule has 1 aromatic rings. The molecule has 0 N–H and O–H groups in total. The van der Waals surface area contributed by atoms with Gasteiger partial charge in [0, 0.05) is 45.8 Å². The van der Waals surface area contributed by atoms with Crippen LogP contribution in [0.4, 0.5) is 4.79 Å². The van der Waals surface area contributed by atoms with Crippen molar-refractivity contribution in [3.8, 4) is 0 Å². The van der Waals surface area contributed by atoms with Crippen LogP contribution < -0.4 is 0 Å². The summed E-state index contributed by atoms with van der Waals surface area (Å²) in [4.78, 5) is 30.2. The molecule has 3 aliphatic heterocycles. The third kappa shape index (κ3) is 2.67. The molecular weight excluding hydrogens is 284 g/mol. The lowest BCUT2D eigenvalue weighted by molar-refractivity contribution is 0.0575. The molecule has 22 heavy (non-hydrogen) atoms. The van der Waals surface area contributed by atoms with Crippen LogP contribution in [0.25, 0.3) is 0 Å². The summed E-state index contributed by atoms with van der Waals surface area (Å²) in [6.07, 6.45) is 1.99. The van der Waals surface area contributed by atoms with Gasteiger partial charge in [-0.25, -0.2) is 4.79 Å². The van der Waals surface area contributed by atoms with Crippen molar-refractivity contribution >= 4 is 11.9 Å². The number of hydrogen-bond acceptors (Lipinski definition) is 4. The van der Waals surface area contributed by atoms with E-state index in [4.69, 9.17) is 4.52 Å². The number of piperidine rings is 1. The summed E-state index contributed by atoms with van der Waals surface area (Å²) in [5.41, 5.74) is 0.357. The second kappa shape index (κ2) is 5.62. The number of amides is 3. The second-order valence-electron chi connectivity index (χ2n) is 6.46. The van der Waals surface area contributed by atoms with Crippen molar-refractivity contribution in [2.24, 2.45) is 5.92 Å². The molecule has 0 saturated carbocycles. The Balaban J connectivity index is 1.78. The standard InChI is InChI=1S/C15H22N4O3/c1-10-6-13(16-22-10)14(20)19-8-11-4-5-12(19)9-18(7-11)15(21)17(2)3/h6,11-12H,4-5,7-9H2,1-3H3/t11-,12+/m0/s1. The van der Waals surface area contributed by atoms with E-state index in [2.05, 4.69) is 5.16 Å². The van der Waals surface area contributed by atoms with E-state index in [1.165, 1.54) is 0 Å². The molecule has 2 atom stereocenters. The van der Waals surface area contributed by atoms with Crippen LogP contribution in [0.1, 0.15) is 29.1 Å². The summed E-state index contributed by atoms with van der Waals surface area (Å²) < 4.78 is 5.01. The van der Waals surface area contributed by atoms with E-state index >= 15 is 0 Å². The maximum atomic E-state index is 12.7. The quantitative estimate of drug-likeness (QED) is 0.782. The van der Waals surface area contributed by atoms with Crippen LogP contribution in [-0.2, 0) is 0 Å². The highest BCUT2D eigenvalue weighted by atomic mass is 16.5. The number of urea groups is 1. The molecule has 7 heteroatoms. The number of carbonyl (C=O) groups is 2. The number of fused-ring (bicyclic) bond motifs is 4. The Morgan fingerprint density at radius 1 is 1.27 bits per heavy atom. The van der Waals surface area contributed by atoms with Gasteiger partial charge in [-0.3, -0.25) is 4.79 Å². The molecule has 0 radical (unpaired) electrons. The molecule has 2 bridgehead atoms. The van der Waals surface area contributed by atoms with Gasteiger partial charge < -0.3 is 19.2 Å². The summed E-state index contributed by atoms with van der Waals surface area (Å²) >= 11 is 0. The number of rotatable bonds is 1. The molecule has 120 valence electrons. The molecule has 0 spiro atoms. The molecule has 0 aliphatic carbocycles. The van der Waals surface area contributed by atoms with Gasteiger partial charge in [0.1, 0.15) is 5.76 Å². The highest BCUT2D eigenvalue weighted by molar-refractivity contribution is 5.92. The van der Waals surface area contributed by atoms with Crippen LogP contribution in [0.2, 0.25) is 0 Å². The van der Waals surface area contributed by atoms with Crippen LogP contribution >= 0.6 is 0 Å². The maximum absolute atomic E-state index is 12.7. The summed E-state index contributed by atoms with van der Waals surface area (Å²) in [6.45, 7) is 3.77. The van der Waals surface area contributed by atoms with Crippen molar-refractivity contribution in [3.63, 3.8) is 0 Å². The fraction of sp³-hybridized carbons (Fsp3) is 0.667. The van der Waals surface area contributed by atoms with Gasteiger partial charge >= 0.3 is 6.03 Å². The van der Waals surface area contributed by atoms with Gasteiger partial charge in [-0.2, -0.15) is 0 Å². The molecule has 0 aromatic carbocycles. The van der Waals surface area contributed by atoms with Crippen LogP contribution in [0.3, 0.4) is 0 Å². The fourth-order valence-electron chi connectivity index (χ4n) is 3.38. The monoisotopic (exact) mass is 306 g/mol. The number of aryl methyl sites for hydroxylation is 1. The Morgan fingerprint density at radius 3 is 2.68 bits per heavy atom. The first-order valence-electron chi connectivity index (χ1n) is 7.66. The third-order valence-electron chi connectivity index (χ3n) is 4.47. The van der Waals surface area contributed by atoms with E-state index in [0.29, 0.717) is 30.5 Å². The Morgan fingerprint density at radius 2 is 2.05 bits per heavy atom. The van der Waals surface area contributed by atoms with Crippen molar-refractivity contribution in [3.05, 3.63) is 17.5 Å². The van der Waals surface area contributed by atoms with Crippen LogP contribution in [0, 0.1) is 12.8 Å². The van der Waals surface area contributed by atoms with Gasteiger partial charge in [0.15, 0.2) is 5.69 Å². The van der Waals surface area contributed by atoms with Crippen molar-refractivity contribution in [2.45, 2.75) is 25.8 Å². The maximum Gasteiger partial charge on any atom is 0.319 e. The average Bonchev–Trinajstić information content (AvgIpc) is 2.73. The minimum absolute atomic E-state index is 0.0171. The van der Waals surface area contributed by atoms with E-state index in [0.717, 1.165) is 19.4 Å². The lowest BCUT2D eigenvalue weighted by Gasteiger charge is -2.35. The zero-order valence-electron chi connectivity index (χ0n) is 13.3. The van der Waals surface area contributed by atoms with E-state index < -0.39 is 0 Å². The van der Waals surface area contributed by atoms with Gasteiger partial charge in [0.2, 0.25) is 0 Å².